The molecule has 3 heteroatoms. The van der Waals surface area contributed by atoms with Crippen molar-refractivity contribution in [1.82, 2.24) is 10.2 Å². The minimum Gasteiger partial charge on any atom is -0.314 e. The molecule has 1 N–H and O–H groups in total. The zero-order valence-electron chi connectivity index (χ0n) is 12.8. The summed E-state index contributed by atoms with van der Waals surface area (Å²) >= 11 is 3.78. The number of hydrogen-bond acceptors (Lipinski definition) is 2. The molecule has 1 aliphatic heterocycles. The first-order valence-corrected chi connectivity index (χ1v) is 8.72. The Hall–Kier alpha value is -0.380. The third kappa shape index (κ3) is 4.31. The van der Waals surface area contributed by atoms with Crippen LogP contribution in [0.3, 0.4) is 0 Å². The van der Waals surface area contributed by atoms with E-state index in [1.807, 2.05) is 0 Å². The molecule has 1 heterocycles. The lowest BCUT2D eigenvalue weighted by molar-refractivity contribution is 0.162. The molecule has 1 aromatic carbocycles. The van der Waals surface area contributed by atoms with Crippen LogP contribution in [0, 0.1) is 6.92 Å². The molecular formula is C17H27BrN2. The maximum atomic E-state index is 3.78. The van der Waals surface area contributed by atoms with Crippen LogP contribution >= 0.6 is 15.9 Å². The molecule has 1 saturated heterocycles. The van der Waals surface area contributed by atoms with Crippen LogP contribution in [0.2, 0.25) is 0 Å². The van der Waals surface area contributed by atoms with Crippen LogP contribution in [0.1, 0.15) is 49.8 Å². The van der Waals surface area contributed by atoms with Gasteiger partial charge in [0.15, 0.2) is 0 Å². The molecule has 1 aliphatic rings. The second-order valence-corrected chi connectivity index (χ2v) is 6.68. The highest BCUT2D eigenvalue weighted by atomic mass is 79.9. The molecule has 2 rings (SSSR count). The molecule has 0 unspecified atom stereocenters. The topological polar surface area (TPSA) is 15.3 Å². The van der Waals surface area contributed by atoms with Gasteiger partial charge < -0.3 is 5.32 Å². The SMILES string of the molecule is CCCCC[C@@H](c1ccc(C)cc1Br)N1CCNCC1. The fraction of sp³-hybridized carbons (Fsp3) is 0.647. The average Bonchev–Trinajstić information content (AvgIpc) is 2.46. The Morgan fingerprint density at radius 3 is 2.65 bits per heavy atom. The van der Waals surface area contributed by atoms with Gasteiger partial charge in [0.1, 0.15) is 0 Å². The third-order valence-corrected chi connectivity index (χ3v) is 4.88. The molecule has 2 nitrogen and oxygen atoms in total. The van der Waals surface area contributed by atoms with Gasteiger partial charge in [-0.15, -0.1) is 0 Å². The molecule has 0 saturated carbocycles. The summed E-state index contributed by atoms with van der Waals surface area (Å²) in [6, 6.07) is 7.39. The second-order valence-electron chi connectivity index (χ2n) is 5.82. The van der Waals surface area contributed by atoms with Crippen molar-refractivity contribution in [1.29, 1.82) is 0 Å². The van der Waals surface area contributed by atoms with E-state index in [1.54, 1.807) is 0 Å². The lowest BCUT2D eigenvalue weighted by atomic mass is 9.97. The first kappa shape index (κ1) is 16.0. The van der Waals surface area contributed by atoms with Gasteiger partial charge in [0.2, 0.25) is 0 Å². The van der Waals surface area contributed by atoms with Gasteiger partial charge in [-0.3, -0.25) is 4.90 Å². The number of rotatable bonds is 6. The number of nitrogens with one attached hydrogen (secondary N) is 1. The lowest BCUT2D eigenvalue weighted by Gasteiger charge is -2.36. The number of hydrogen-bond donors (Lipinski definition) is 1. The van der Waals surface area contributed by atoms with Crippen LogP contribution in [0.15, 0.2) is 22.7 Å². The molecular weight excluding hydrogens is 312 g/mol. The smallest absolute Gasteiger partial charge is 0.0360 e. The number of nitrogens with zero attached hydrogens (tertiary/aromatic N) is 1. The van der Waals surface area contributed by atoms with Crippen LogP contribution in [0.4, 0.5) is 0 Å². The van der Waals surface area contributed by atoms with E-state index in [-0.39, 0.29) is 0 Å². The largest absolute Gasteiger partial charge is 0.314 e. The lowest BCUT2D eigenvalue weighted by Crippen LogP contribution is -2.45. The summed E-state index contributed by atoms with van der Waals surface area (Å²) in [5.41, 5.74) is 2.79. The van der Waals surface area contributed by atoms with E-state index in [0.717, 1.165) is 26.2 Å². The number of benzene rings is 1. The third-order valence-electron chi connectivity index (χ3n) is 4.19. The summed E-state index contributed by atoms with van der Waals surface area (Å²) in [6.45, 7) is 9.00. The highest BCUT2D eigenvalue weighted by molar-refractivity contribution is 9.10. The Bertz CT molecular complexity index is 413. The van der Waals surface area contributed by atoms with Crippen molar-refractivity contribution in [2.45, 2.75) is 45.6 Å². The standard InChI is InChI=1S/C17H27BrN2/c1-3-4-5-6-17(20-11-9-19-10-12-20)15-8-7-14(2)13-16(15)18/h7-8,13,17,19H,3-6,9-12H2,1-2H3/t17-/m0/s1. The number of unbranched alkanes of at least 4 members (excludes halogenated alkanes) is 2. The molecule has 0 aliphatic carbocycles. The van der Waals surface area contributed by atoms with Crippen molar-refractivity contribution in [2.24, 2.45) is 0 Å². The summed E-state index contributed by atoms with van der Waals surface area (Å²) in [6.07, 6.45) is 5.23. The van der Waals surface area contributed by atoms with Gasteiger partial charge in [-0.05, 0) is 30.5 Å². The quantitative estimate of drug-likeness (QED) is 0.778. The van der Waals surface area contributed by atoms with Gasteiger partial charge in [-0.2, -0.15) is 0 Å². The van der Waals surface area contributed by atoms with Crippen molar-refractivity contribution in [3.63, 3.8) is 0 Å². The fourth-order valence-electron chi connectivity index (χ4n) is 3.02. The fourth-order valence-corrected chi connectivity index (χ4v) is 3.78. The predicted octanol–water partition coefficient (Wildman–Crippen LogP) is 4.28. The van der Waals surface area contributed by atoms with Crippen LogP contribution < -0.4 is 5.32 Å². The Kier molecular flexibility index (Phi) is 6.53. The second kappa shape index (κ2) is 8.16. The summed E-state index contributed by atoms with van der Waals surface area (Å²) in [4.78, 5) is 2.65. The Morgan fingerprint density at radius 2 is 2.00 bits per heavy atom. The molecule has 112 valence electrons. The molecule has 0 amide bonds. The van der Waals surface area contributed by atoms with Gasteiger partial charge in [0.25, 0.3) is 0 Å². The molecule has 0 aromatic heterocycles. The molecule has 1 fully saturated rings. The van der Waals surface area contributed by atoms with Crippen molar-refractivity contribution in [2.75, 3.05) is 26.2 Å². The molecule has 1 aromatic rings. The molecule has 0 radical (unpaired) electrons. The molecule has 0 spiro atoms. The monoisotopic (exact) mass is 338 g/mol. The van der Waals surface area contributed by atoms with Gasteiger partial charge in [0.05, 0.1) is 0 Å². The summed E-state index contributed by atoms with van der Waals surface area (Å²) in [5.74, 6) is 0. The minimum absolute atomic E-state index is 0.568. The van der Waals surface area contributed by atoms with Crippen LogP contribution in [0.5, 0.6) is 0 Å². The van der Waals surface area contributed by atoms with E-state index in [2.05, 4.69) is 58.2 Å². The van der Waals surface area contributed by atoms with Gasteiger partial charge in [0, 0.05) is 36.7 Å². The van der Waals surface area contributed by atoms with Gasteiger partial charge in [-0.25, -0.2) is 0 Å². The summed E-state index contributed by atoms with van der Waals surface area (Å²) in [5, 5.41) is 3.46. The summed E-state index contributed by atoms with van der Waals surface area (Å²) in [7, 11) is 0. The first-order chi connectivity index (χ1) is 9.72. The van der Waals surface area contributed by atoms with Crippen molar-refractivity contribution < 1.29 is 0 Å². The zero-order valence-corrected chi connectivity index (χ0v) is 14.4. The van der Waals surface area contributed by atoms with E-state index in [4.69, 9.17) is 0 Å². The highest BCUT2D eigenvalue weighted by Crippen LogP contribution is 2.32. The summed E-state index contributed by atoms with van der Waals surface area (Å²) < 4.78 is 1.28. The maximum absolute atomic E-state index is 3.78. The van der Waals surface area contributed by atoms with Crippen molar-refractivity contribution >= 4 is 15.9 Å². The van der Waals surface area contributed by atoms with Gasteiger partial charge in [-0.1, -0.05) is 54.2 Å². The highest BCUT2D eigenvalue weighted by Gasteiger charge is 2.23. The number of aryl methyl sites for hydroxylation is 1. The van der Waals surface area contributed by atoms with Crippen LogP contribution in [-0.4, -0.2) is 31.1 Å². The number of halogens is 1. The zero-order chi connectivity index (χ0) is 14.4. The molecule has 1 atom stereocenters. The van der Waals surface area contributed by atoms with Gasteiger partial charge >= 0.3 is 0 Å². The maximum Gasteiger partial charge on any atom is 0.0360 e. The van der Waals surface area contributed by atoms with E-state index < -0.39 is 0 Å². The van der Waals surface area contributed by atoms with E-state index >= 15 is 0 Å². The van der Waals surface area contributed by atoms with Crippen LogP contribution in [-0.2, 0) is 0 Å². The predicted molar refractivity (Wildman–Crippen MR) is 90.2 cm³/mol. The van der Waals surface area contributed by atoms with Crippen LogP contribution in [0.25, 0.3) is 0 Å². The minimum atomic E-state index is 0.568. The number of piperazine rings is 1. The van der Waals surface area contributed by atoms with E-state index in [1.165, 1.54) is 41.3 Å². The Labute approximate surface area is 132 Å². The molecule has 20 heavy (non-hydrogen) atoms. The first-order valence-electron chi connectivity index (χ1n) is 7.93. The normalized spacial score (nSPS) is 18.1. The van der Waals surface area contributed by atoms with Crippen molar-refractivity contribution in [3.05, 3.63) is 33.8 Å². The van der Waals surface area contributed by atoms with Crippen molar-refractivity contribution in [3.8, 4) is 0 Å². The van der Waals surface area contributed by atoms with E-state index in [9.17, 15) is 0 Å². The average molecular weight is 339 g/mol. The molecule has 0 bridgehead atoms. The Morgan fingerprint density at radius 1 is 1.25 bits per heavy atom. The Balaban J connectivity index is 2.15. The van der Waals surface area contributed by atoms with E-state index in [0.29, 0.717) is 6.04 Å².